The van der Waals surface area contributed by atoms with Gasteiger partial charge in [-0.05, 0) is 136 Å². The van der Waals surface area contributed by atoms with Gasteiger partial charge in [0.1, 0.15) is 18.5 Å². The highest BCUT2D eigenvalue weighted by Gasteiger charge is 2.35. The smallest absolute Gasteiger partial charge is 0.204 e. The van der Waals surface area contributed by atoms with Gasteiger partial charge in [0, 0.05) is 37.3 Å². The minimum absolute atomic E-state index is 0.0767. The molecule has 1 N–H and O–H groups in total. The summed E-state index contributed by atoms with van der Waals surface area (Å²) in [6, 6.07) is 21.1. The van der Waals surface area contributed by atoms with Crippen LogP contribution in [-0.2, 0) is 25.7 Å². The van der Waals surface area contributed by atoms with Crippen LogP contribution < -0.4 is 28.4 Å². The number of likely N-dealkylation sites (N-methyl/N-ethyl adjacent to an activating group) is 2. The topological polar surface area (TPSA) is 85.3 Å². The lowest BCUT2D eigenvalue weighted by atomic mass is 9.87. The molecule has 5 aliphatic heterocycles. The fourth-order valence-electron chi connectivity index (χ4n) is 8.89. The third-order valence-corrected chi connectivity index (χ3v) is 12.0. The maximum atomic E-state index is 11.3. The molecule has 55 heavy (non-hydrogen) atoms. The first kappa shape index (κ1) is 37.4. The summed E-state index contributed by atoms with van der Waals surface area (Å²) in [6.07, 6.45) is 6.11. The summed E-state index contributed by atoms with van der Waals surface area (Å²) in [5.74, 6) is 5.07. The molecule has 1 unspecified atom stereocenters. The maximum Gasteiger partial charge on any atom is 0.204 e. The van der Waals surface area contributed by atoms with Crippen molar-refractivity contribution in [3.63, 3.8) is 0 Å². The number of rotatable bonds is 8. The number of β-amino-alcohol motifs (C(OH)–C–C–N with tert-alkyl or cyclic N) is 1. The molecule has 10 nitrogen and oxygen atoms in total. The fourth-order valence-corrected chi connectivity index (χ4v) is 8.89. The summed E-state index contributed by atoms with van der Waals surface area (Å²) in [4.78, 5) is 7.14. The Morgan fingerprint density at radius 1 is 0.691 bits per heavy atom. The molecule has 1 fully saturated rings. The standard InChI is InChI=1S/C45H55N3O7/c1-46-19-15-31-24-39(51-4)41-26-35(31)36(46)21-29-9-12-34(13-10-29)54-40-23-30(11-14-38(40)50-3)22-37-43-32(16-20-47(37)2)25-42(52-5)44(45(43)55-41)53-28-33(49)27-48-17-7-6-8-18-48/h9-14,23-26,33,36-37,49H,6-8,15-22,27-28H2,1-5H3/t33?,36-,37-/m0/s1. The van der Waals surface area contributed by atoms with Gasteiger partial charge in [0.2, 0.25) is 5.75 Å². The average Bonchev–Trinajstić information content (AvgIpc) is 3.20. The number of hydrogen-bond donors (Lipinski definition) is 1. The molecule has 0 aromatic heterocycles. The third kappa shape index (κ3) is 7.83. The molecule has 0 aliphatic carbocycles. The second kappa shape index (κ2) is 16.3. The molecule has 6 bridgehead atoms. The van der Waals surface area contributed by atoms with E-state index in [4.69, 9.17) is 28.4 Å². The first-order chi connectivity index (χ1) is 26.8. The maximum absolute atomic E-state index is 11.3. The molecule has 0 radical (unpaired) electrons. The van der Waals surface area contributed by atoms with Crippen molar-refractivity contribution in [3.05, 3.63) is 94.0 Å². The first-order valence-electron chi connectivity index (χ1n) is 19.8. The Labute approximate surface area is 325 Å². The zero-order valence-electron chi connectivity index (χ0n) is 32.9. The Morgan fingerprint density at radius 3 is 2.09 bits per heavy atom. The Balaban J connectivity index is 1.29. The van der Waals surface area contributed by atoms with Crippen molar-refractivity contribution in [1.29, 1.82) is 0 Å². The van der Waals surface area contributed by atoms with E-state index >= 15 is 0 Å². The van der Waals surface area contributed by atoms with E-state index in [1.54, 1.807) is 21.3 Å². The summed E-state index contributed by atoms with van der Waals surface area (Å²) in [6.45, 7) is 4.46. The van der Waals surface area contributed by atoms with Crippen LogP contribution in [0.15, 0.2) is 60.7 Å². The molecule has 0 spiro atoms. The van der Waals surface area contributed by atoms with Crippen LogP contribution in [0.25, 0.3) is 0 Å². The van der Waals surface area contributed by atoms with Gasteiger partial charge >= 0.3 is 0 Å². The normalized spacial score (nSPS) is 20.6. The zero-order chi connectivity index (χ0) is 38.1. The number of methoxy groups -OCH3 is 3. The molecule has 5 heterocycles. The van der Waals surface area contributed by atoms with Gasteiger partial charge in [-0.1, -0.05) is 24.6 Å². The molecule has 1 saturated heterocycles. The molecule has 10 heteroatoms. The Kier molecular flexibility index (Phi) is 11.1. The minimum atomic E-state index is -0.676. The highest BCUT2D eigenvalue weighted by atomic mass is 16.6. The van der Waals surface area contributed by atoms with Crippen LogP contribution in [0.1, 0.15) is 64.7 Å². The quantitative estimate of drug-likeness (QED) is 0.197. The van der Waals surface area contributed by atoms with E-state index in [0.29, 0.717) is 53.2 Å². The van der Waals surface area contributed by atoms with Crippen LogP contribution in [0.3, 0.4) is 0 Å². The number of ether oxygens (including phenoxy) is 6. The third-order valence-electron chi connectivity index (χ3n) is 12.0. The number of benzene rings is 4. The van der Waals surface area contributed by atoms with Gasteiger partial charge in [-0.2, -0.15) is 0 Å². The summed E-state index contributed by atoms with van der Waals surface area (Å²) in [5.41, 5.74) is 6.97. The van der Waals surface area contributed by atoms with E-state index in [-0.39, 0.29) is 18.7 Å². The molecule has 0 saturated carbocycles. The minimum Gasteiger partial charge on any atom is -0.493 e. The number of piperidine rings is 1. The predicted octanol–water partition coefficient (Wildman–Crippen LogP) is 7.38. The van der Waals surface area contributed by atoms with Gasteiger partial charge in [-0.25, -0.2) is 0 Å². The van der Waals surface area contributed by atoms with E-state index < -0.39 is 6.10 Å². The highest BCUT2D eigenvalue weighted by molar-refractivity contribution is 5.64. The number of aliphatic hydroxyl groups excluding tert-OH is 1. The SMILES string of the molecule is COc1ccc2cc1Oc1ccc(cc1)C[C@H]1c3cc(c(OC)cc3CCN1C)Oc1c(OCC(O)CN3CCCCC3)c(OC)cc3c1[C@H](C2)N(C)CC3. The van der Waals surface area contributed by atoms with Crippen molar-refractivity contribution in [3.8, 4) is 46.0 Å². The van der Waals surface area contributed by atoms with Gasteiger partial charge in [0.15, 0.2) is 34.5 Å². The molecule has 0 amide bonds. The van der Waals surface area contributed by atoms with Gasteiger partial charge in [0.05, 0.1) is 21.3 Å². The van der Waals surface area contributed by atoms with E-state index in [1.165, 1.54) is 23.1 Å². The molecule has 4 aromatic rings. The number of nitrogens with zero attached hydrogens (tertiary/aromatic N) is 3. The van der Waals surface area contributed by atoms with Crippen molar-refractivity contribution < 1.29 is 33.5 Å². The lowest BCUT2D eigenvalue weighted by Crippen LogP contribution is -2.38. The van der Waals surface area contributed by atoms with Crippen LogP contribution in [0.2, 0.25) is 0 Å². The Bertz CT molecular complexity index is 1980. The van der Waals surface area contributed by atoms with Crippen LogP contribution in [-0.4, -0.2) is 101 Å². The summed E-state index contributed by atoms with van der Waals surface area (Å²) in [5, 5.41) is 11.3. The van der Waals surface area contributed by atoms with E-state index in [2.05, 4.69) is 71.3 Å². The molecule has 292 valence electrons. The number of fused-ring (bicyclic) bond motifs is 2. The van der Waals surface area contributed by atoms with Gasteiger partial charge in [-0.15, -0.1) is 0 Å². The van der Waals surface area contributed by atoms with Crippen LogP contribution in [0.5, 0.6) is 46.0 Å². The summed E-state index contributed by atoms with van der Waals surface area (Å²) in [7, 11) is 9.41. The second-order valence-corrected chi connectivity index (χ2v) is 15.6. The van der Waals surface area contributed by atoms with Crippen molar-refractivity contribution in [2.75, 3.05) is 74.8 Å². The number of aliphatic hydroxyl groups is 1. The lowest BCUT2D eigenvalue weighted by Gasteiger charge is -2.37. The van der Waals surface area contributed by atoms with Gasteiger partial charge < -0.3 is 38.4 Å². The number of hydrogen-bond acceptors (Lipinski definition) is 10. The average molecular weight is 750 g/mol. The molecular weight excluding hydrogens is 695 g/mol. The summed E-state index contributed by atoms with van der Waals surface area (Å²) < 4.78 is 38.3. The monoisotopic (exact) mass is 749 g/mol. The second-order valence-electron chi connectivity index (χ2n) is 15.6. The lowest BCUT2D eigenvalue weighted by molar-refractivity contribution is 0.0598. The van der Waals surface area contributed by atoms with E-state index in [9.17, 15) is 5.11 Å². The van der Waals surface area contributed by atoms with Crippen LogP contribution in [0, 0.1) is 0 Å². The highest BCUT2D eigenvalue weighted by Crippen LogP contribution is 2.52. The molecule has 9 rings (SSSR count). The van der Waals surface area contributed by atoms with Crippen LogP contribution in [0.4, 0.5) is 0 Å². The predicted molar refractivity (Wildman–Crippen MR) is 213 cm³/mol. The molecule has 3 atom stereocenters. The van der Waals surface area contributed by atoms with Crippen LogP contribution >= 0.6 is 0 Å². The van der Waals surface area contributed by atoms with Crippen molar-refractivity contribution >= 4 is 0 Å². The van der Waals surface area contributed by atoms with Crippen molar-refractivity contribution in [2.45, 2.75) is 63.1 Å². The fraction of sp³-hybridized carbons (Fsp3) is 0.467. The van der Waals surface area contributed by atoms with E-state index in [0.717, 1.165) is 80.7 Å². The molecule has 4 aromatic carbocycles. The van der Waals surface area contributed by atoms with Crippen molar-refractivity contribution in [1.82, 2.24) is 14.7 Å². The van der Waals surface area contributed by atoms with Gasteiger partial charge in [-0.3, -0.25) is 9.80 Å². The van der Waals surface area contributed by atoms with Gasteiger partial charge in [0.25, 0.3) is 0 Å². The van der Waals surface area contributed by atoms with Crippen molar-refractivity contribution in [2.24, 2.45) is 0 Å². The first-order valence-corrected chi connectivity index (χ1v) is 19.8. The molecular formula is C45H55N3O7. The zero-order valence-corrected chi connectivity index (χ0v) is 32.9. The number of likely N-dealkylation sites (tertiary alicyclic amines) is 1. The largest absolute Gasteiger partial charge is 0.493 e. The molecule has 5 aliphatic rings. The Hall–Kier alpha value is -4.48. The summed E-state index contributed by atoms with van der Waals surface area (Å²) >= 11 is 0. The Morgan fingerprint density at radius 2 is 1.35 bits per heavy atom. The van der Waals surface area contributed by atoms with E-state index in [1.807, 2.05) is 18.2 Å².